The SMILES string of the molecule is CC.COC(=O)c1cc(-c2cccc(C(=O)O)c2)cnc1C. The molecule has 1 heterocycles. The summed E-state index contributed by atoms with van der Waals surface area (Å²) < 4.78 is 4.70. The van der Waals surface area contributed by atoms with E-state index >= 15 is 0 Å². The van der Waals surface area contributed by atoms with Crippen molar-refractivity contribution in [3.63, 3.8) is 0 Å². The zero-order valence-electron chi connectivity index (χ0n) is 13.1. The van der Waals surface area contributed by atoms with Crippen LogP contribution in [0.15, 0.2) is 36.5 Å². The minimum atomic E-state index is -1.000. The summed E-state index contributed by atoms with van der Waals surface area (Å²) in [5, 5.41) is 8.99. The van der Waals surface area contributed by atoms with Gasteiger partial charge in [-0.1, -0.05) is 26.0 Å². The molecule has 1 N–H and O–H groups in total. The monoisotopic (exact) mass is 301 g/mol. The van der Waals surface area contributed by atoms with E-state index in [1.165, 1.54) is 19.2 Å². The van der Waals surface area contributed by atoms with E-state index in [1.54, 1.807) is 31.3 Å². The fourth-order valence-corrected chi connectivity index (χ4v) is 1.84. The van der Waals surface area contributed by atoms with E-state index in [1.807, 2.05) is 13.8 Å². The highest BCUT2D eigenvalue weighted by Gasteiger charge is 2.12. The van der Waals surface area contributed by atoms with Gasteiger partial charge in [0.05, 0.1) is 23.9 Å². The Morgan fingerprint density at radius 3 is 2.41 bits per heavy atom. The van der Waals surface area contributed by atoms with Gasteiger partial charge in [0.2, 0.25) is 0 Å². The zero-order chi connectivity index (χ0) is 16.7. The third-order valence-corrected chi connectivity index (χ3v) is 2.94. The molecule has 0 atom stereocenters. The number of pyridine rings is 1. The first-order valence-corrected chi connectivity index (χ1v) is 6.91. The third kappa shape index (κ3) is 3.91. The van der Waals surface area contributed by atoms with Crippen molar-refractivity contribution < 1.29 is 19.4 Å². The number of hydrogen-bond acceptors (Lipinski definition) is 4. The largest absolute Gasteiger partial charge is 0.478 e. The predicted octanol–water partition coefficient (Wildman–Crippen LogP) is 3.57. The molecule has 0 bridgehead atoms. The molecule has 0 saturated carbocycles. The number of rotatable bonds is 3. The maximum Gasteiger partial charge on any atom is 0.339 e. The van der Waals surface area contributed by atoms with E-state index in [-0.39, 0.29) is 5.56 Å². The second-order valence-corrected chi connectivity index (χ2v) is 4.23. The van der Waals surface area contributed by atoms with Gasteiger partial charge in [-0.2, -0.15) is 0 Å². The fraction of sp³-hybridized carbons (Fsp3) is 0.235. The van der Waals surface area contributed by atoms with Crippen molar-refractivity contribution in [2.24, 2.45) is 0 Å². The summed E-state index contributed by atoms with van der Waals surface area (Å²) in [4.78, 5) is 26.8. The number of methoxy groups -OCH3 is 1. The van der Waals surface area contributed by atoms with Crippen LogP contribution in [0.3, 0.4) is 0 Å². The minimum Gasteiger partial charge on any atom is -0.478 e. The summed E-state index contributed by atoms with van der Waals surface area (Å²) in [6.45, 7) is 5.71. The molecular weight excluding hydrogens is 282 g/mol. The Morgan fingerprint density at radius 2 is 1.82 bits per heavy atom. The number of aromatic carboxylic acids is 1. The van der Waals surface area contributed by atoms with Crippen molar-refractivity contribution in [1.82, 2.24) is 4.98 Å². The van der Waals surface area contributed by atoms with Crippen LogP contribution < -0.4 is 0 Å². The van der Waals surface area contributed by atoms with E-state index in [0.29, 0.717) is 22.4 Å². The second kappa shape index (κ2) is 7.93. The Hall–Kier alpha value is -2.69. The molecule has 0 aliphatic carbocycles. The average Bonchev–Trinajstić information content (AvgIpc) is 2.56. The van der Waals surface area contributed by atoms with Crippen LogP contribution in [0.1, 0.15) is 40.3 Å². The molecule has 116 valence electrons. The smallest absolute Gasteiger partial charge is 0.339 e. The van der Waals surface area contributed by atoms with Gasteiger partial charge in [-0.3, -0.25) is 4.98 Å². The standard InChI is InChI=1S/C15H13NO4.C2H6/c1-9-13(15(19)20-2)7-12(8-16-9)10-4-3-5-11(6-10)14(17)18;1-2/h3-8H,1-2H3,(H,17,18);1-2H3. The van der Waals surface area contributed by atoms with Crippen molar-refractivity contribution in [3.8, 4) is 11.1 Å². The second-order valence-electron chi connectivity index (χ2n) is 4.23. The Morgan fingerprint density at radius 1 is 1.14 bits per heavy atom. The van der Waals surface area contributed by atoms with Gasteiger partial charge in [-0.15, -0.1) is 0 Å². The first-order valence-electron chi connectivity index (χ1n) is 6.91. The molecule has 0 unspecified atom stereocenters. The predicted molar refractivity (Wildman–Crippen MR) is 84.1 cm³/mol. The Balaban J connectivity index is 0.00000116. The molecule has 0 saturated heterocycles. The molecule has 5 heteroatoms. The molecule has 1 aromatic carbocycles. The van der Waals surface area contributed by atoms with Crippen LogP contribution in [0.25, 0.3) is 11.1 Å². The van der Waals surface area contributed by atoms with Crippen LogP contribution >= 0.6 is 0 Å². The van der Waals surface area contributed by atoms with Crippen LogP contribution in [0.2, 0.25) is 0 Å². The van der Waals surface area contributed by atoms with Gasteiger partial charge in [0.15, 0.2) is 0 Å². The number of aryl methyl sites for hydroxylation is 1. The number of carboxylic acid groups (broad SMARTS) is 1. The van der Waals surface area contributed by atoms with Gasteiger partial charge in [0, 0.05) is 11.8 Å². The Bertz CT molecular complexity index is 680. The first kappa shape index (κ1) is 17.4. The van der Waals surface area contributed by atoms with Crippen molar-refractivity contribution in [1.29, 1.82) is 0 Å². The summed E-state index contributed by atoms with van der Waals surface area (Å²) in [6, 6.07) is 8.11. The molecule has 5 nitrogen and oxygen atoms in total. The van der Waals surface area contributed by atoms with Crippen LogP contribution in [-0.2, 0) is 4.74 Å². The lowest BCUT2D eigenvalue weighted by Crippen LogP contribution is -2.05. The number of benzene rings is 1. The highest BCUT2D eigenvalue weighted by Crippen LogP contribution is 2.22. The summed E-state index contributed by atoms with van der Waals surface area (Å²) in [5.74, 6) is -1.47. The quantitative estimate of drug-likeness (QED) is 0.877. The van der Waals surface area contributed by atoms with E-state index in [9.17, 15) is 9.59 Å². The van der Waals surface area contributed by atoms with Gasteiger partial charge >= 0.3 is 11.9 Å². The molecular formula is C17H19NO4. The fourth-order valence-electron chi connectivity index (χ4n) is 1.84. The van der Waals surface area contributed by atoms with E-state index in [2.05, 4.69) is 4.98 Å². The lowest BCUT2D eigenvalue weighted by atomic mass is 10.0. The van der Waals surface area contributed by atoms with Gasteiger partial charge in [-0.25, -0.2) is 9.59 Å². The number of hydrogen-bond donors (Lipinski definition) is 1. The number of carbonyl (C=O) groups is 2. The molecule has 2 aromatic rings. The van der Waals surface area contributed by atoms with Crippen molar-refractivity contribution >= 4 is 11.9 Å². The van der Waals surface area contributed by atoms with Crippen molar-refractivity contribution in [2.45, 2.75) is 20.8 Å². The van der Waals surface area contributed by atoms with Crippen molar-refractivity contribution in [3.05, 3.63) is 53.3 Å². The average molecular weight is 301 g/mol. The number of ether oxygens (including phenoxy) is 1. The van der Waals surface area contributed by atoms with E-state index in [4.69, 9.17) is 9.84 Å². The highest BCUT2D eigenvalue weighted by molar-refractivity contribution is 5.93. The summed E-state index contributed by atoms with van der Waals surface area (Å²) in [6.07, 6.45) is 1.60. The normalized spacial score (nSPS) is 9.45. The van der Waals surface area contributed by atoms with Gasteiger partial charge in [0.1, 0.15) is 0 Å². The highest BCUT2D eigenvalue weighted by atomic mass is 16.5. The first-order chi connectivity index (χ1) is 10.5. The lowest BCUT2D eigenvalue weighted by molar-refractivity contribution is 0.0598. The number of carboxylic acids is 1. The van der Waals surface area contributed by atoms with E-state index in [0.717, 1.165) is 0 Å². The van der Waals surface area contributed by atoms with Crippen molar-refractivity contribution in [2.75, 3.05) is 7.11 Å². The molecule has 0 radical (unpaired) electrons. The molecule has 1 aromatic heterocycles. The topological polar surface area (TPSA) is 76.5 Å². The third-order valence-electron chi connectivity index (χ3n) is 2.94. The maximum absolute atomic E-state index is 11.6. The minimum absolute atomic E-state index is 0.183. The molecule has 0 amide bonds. The van der Waals surface area contributed by atoms with Gasteiger partial charge in [-0.05, 0) is 30.7 Å². The van der Waals surface area contributed by atoms with Gasteiger partial charge in [0.25, 0.3) is 0 Å². The number of carbonyl (C=O) groups excluding carboxylic acids is 1. The number of nitrogens with zero attached hydrogens (tertiary/aromatic N) is 1. The number of aromatic nitrogens is 1. The lowest BCUT2D eigenvalue weighted by Gasteiger charge is -2.07. The molecule has 2 rings (SSSR count). The molecule has 0 aliphatic rings. The summed E-state index contributed by atoms with van der Waals surface area (Å²) >= 11 is 0. The van der Waals surface area contributed by atoms with E-state index < -0.39 is 11.9 Å². The van der Waals surface area contributed by atoms with Gasteiger partial charge < -0.3 is 9.84 Å². The zero-order valence-corrected chi connectivity index (χ0v) is 13.1. The Labute approximate surface area is 129 Å². The van der Waals surface area contributed by atoms with Crippen LogP contribution in [-0.4, -0.2) is 29.1 Å². The maximum atomic E-state index is 11.6. The van der Waals surface area contributed by atoms with Crippen LogP contribution in [0.4, 0.5) is 0 Å². The molecule has 0 fully saturated rings. The van der Waals surface area contributed by atoms with Crippen LogP contribution in [0.5, 0.6) is 0 Å². The van der Waals surface area contributed by atoms with Crippen LogP contribution in [0, 0.1) is 6.92 Å². The molecule has 0 spiro atoms. The molecule has 0 aliphatic heterocycles. The summed E-state index contributed by atoms with van der Waals surface area (Å²) in [5.41, 5.74) is 2.46. The Kier molecular flexibility index (Phi) is 6.25. The summed E-state index contributed by atoms with van der Waals surface area (Å²) in [7, 11) is 1.31. The number of esters is 1. The molecule has 22 heavy (non-hydrogen) atoms.